The summed E-state index contributed by atoms with van der Waals surface area (Å²) >= 11 is 0. The van der Waals surface area contributed by atoms with Gasteiger partial charge in [0.15, 0.2) is 0 Å². The molecule has 0 spiro atoms. The van der Waals surface area contributed by atoms with E-state index in [1.807, 2.05) is 20.8 Å². The molecule has 8 heteroatoms. The molecule has 1 saturated heterocycles. The van der Waals surface area contributed by atoms with Crippen molar-refractivity contribution >= 4 is 12.0 Å². The van der Waals surface area contributed by atoms with Gasteiger partial charge in [-0.1, -0.05) is 45.7 Å². The normalized spacial score (nSPS) is 23.1. The Kier molecular flexibility index (Phi) is 6.07. The zero-order chi connectivity index (χ0) is 22.3. The number of carbonyl (C=O) groups is 2. The van der Waals surface area contributed by atoms with E-state index < -0.39 is 41.2 Å². The highest BCUT2D eigenvalue weighted by atomic mass is 19.4. The summed E-state index contributed by atoms with van der Waals surface area (Å²) in [5.74, 6) is -0.652. The first-order chi connectivity index (χ1) is 13.9. The first-order valence-electron chi connectivity index (χ1n) is 10.4. The maximum Gasteiger partial charge on any atom is 0.417 e. The van der Waals surface area contributed by atoms with Crippen molar-refractivity contribution in [2.45, 2.75) is 77.2 Å². The van der Waals surface area contributed by atoms with Gasteiger partial charge in [-0.15, -0.1) is 0 Å². The van der Waals surface area contributed by atoms with Crippen molar-refractivity contribution in [2.75, 3.05) is 6.54 Å². The van der Waals surface area contributed by atoms with Crippen molar-refractivity contribution in [1.82, 2.24) is 9.80 Å². The van der Waals surface area contributed by atoms with Crippen LogP contribution in [0.15, 0.2) is 24.3 Å². The second-order valence-corrected chi connectivity index (χ2v) is 9.34. The molecule has 0 radical (unpaired) electrons. The number of carbonyl (C=O) groups excluding carboxylic acids is 1. The largest absolute Gasteiger partial charge is 0.465 e. The molecule has 1 saturated carbocycles. The summed E-state index contributed by atoms with van der Waals surface area (Å²) in [6.45, 7) is 5.99. The van der Waals surface area contributed by atoms with E-state index in [1.54, 1.807) is 4.90 Å². The van der Waals surface area contributed by atoms with Crippen LogP contribution in [0.2, 0.25) is 0 Å². The van der Waals surface area contributed by atoms with Crippen LogP contribution in [-0.4, -0.2) is 51.6 Å². The van der Waals surface area contributed by atoms with Crippen molar-refractivity contribution in [3.63, 3.8) is 0 Å². The Balaban J connectivity index is 2.07. The predicted octanol–water partition coefficient (Wildman–Crippen LogP) is 5.26. The van der Waals surface area contributed by atoms with E-state index in [4.69, 9.17) is 0 Å². The van der Waals surface area contributed by atoms with Crippen molar-refractivity contribution in [2.24, 2.45) is 5.41 Å². The van der Waals surface area contributed by atoms with Crippen molar-refractivity contribution in [3.05, 3.63) is 35.4 Å². The summed E-state index contributed by atoms with van der Waals surface area (Å²) in [6.07, 6.45) is -2.02. The Labute approximate surface area is 174 Å². The molecule has 1 aliphatic heterocycles. The molecule has 0 bridgehead atoms. The van der Waals surface area contributed by atoms with E-state index >= 15 is 0 Å². The van der Waals surface area contributed by atoms with Gasteiger partial charge in [-0.2, -0.15) is 13.2 Å². The van der Waals surface area contributed by atoms with Crippen LogP contribution in [-0.2, 0) is 6.18 Å². The molecule has 1 N–H and O–H groups in total. The second-order valence-electron chi connectivity index (χ2n) is 9.34. The highest BCUT2D eigenvalue weighted by molar-refractivity contribution is 5.96. The second kappa shape index (κ2) is 8.12. The van der Waals surface area contributed by atoms with E-state index in [9.17, 15) is 27.9 Å². The number of rotatable bonds is 3. The quantitative estimate of drug-likeness (QED) is 0.717. The maximum absolute atomic E-state index is 13.6. The lowest BCUT2D eigenvalue weighted by molar-refractivity contribution is -0.138. The van der Waals surface area contributed by atoms with Gasteiger partial charge in [-0.3, -0.25) is 4.79 Å². The monoisotopic (exact) mass is 426 g/mol. The fourth-order valence-electron chi connectivity index (χ4n) is 5.15. The summed E-state index contributed by atoms with van der Waals surface area (Å²) in [4.78, 5) is 28.4. The summed E-state index contributed by atoms with van der Waals surface area (Å²) in [6, 6.07) is 3.74. The highest BCUT2D eigenvalue weighted by Gasteiger charge is 2.50. The lowest BCUT2D eigenvalue weighted by Crippen LogP contribution is -2.56. The molecule has 30 heavy (non-hydrogen) atoms. The predicted molar refractivity (Wildman–Crippen MR) is 106 cm³/mol. The number of likely N-dealkylation sites (tertiary alicyclic amines) is 1. The SMILES string of the molecule is CC(C)(C)C1[C@@H](N(C(=O)c2ccccc2C(F)(F)F)C2CCCC2)CCN1C(=O)O. The lowest BCUT2D eigenvalue weighted by atomic mass is 9.81. The Morgan fingerprint density at radius 2 is 1.67 bits per heavy atom. The molecule has 1 aromatic carbocycles. The average molecular weight is 426 g/mol. The number of amides is 2. The first kappa shape index (κ1) is 22.4. The molecule has 2 amide bonds. The van der Waals surface area contributed by atoms with Crippen LogP contribution >= 0.6 is 0 Å². The number of nitrogens with zero attached hydrogens (tertiary/aromatic N) is 2. The van der Waals surface area contributed by atoms with E-state index in [0.717, 1.165) is 31.7 Å². The van der Waals surface area contributed by atoms with E-state index in [2.05, 4.69) is 0 Å². The first-order valence-corrected chi connectivity index (χ1v) is 10.4. The third-order valence-electron chi connectivity index (χ3n) is 6.27. The molecule has 0 aromatic heterocycles. The molecule has 1 unspecified atom stereocenters. The van der Waals surface area contributed by atoms with Gasteiger partial charge in [0.1, 0.15) is 0 Å². The van der Waals surface area contributed by atoms with Crippen molar-refractivity contribution in [3.8, 4) is 0 Å². The van der Waals surface area contributed by atoms with Crippen LogP contribution in [0, 0.1) is 5.41 Å². The Hall–Kier alpha value is -2.25. The van der Waals surface area contributed by atoms with Gasteiger partial charge < -0.3 is 14.9 Å². The number of benzene rings is 1. The zero-order valence-electron chi connectivity index (χ0n) is 17.6. The van der Waals surface area contributed by atoms with Gasteiger partial charge in [-0.05, 0) is 36.8 Å². The Morgan fingerprint density at radius 3 is 2.20 bits per heavy atom. The third-order valence-corrected chi connectivity index (χ3v) is 6.27. The van der Waals surface area contributed by atoms with Crippen LogP contribution < -0.4 is 0 Å². The molecule has 1 aromatic rings. The standard InChI is InChI=1S/C22H29F3N2O3/c1-21(2,3)18-17(12-13-26(18)20(29)30)27(14-8-4-5-9-14)19(28)15-10-6-7-11-16(15)22(23,24)25/h6-7,10-11,14,17-18H,4-5,8-9,12-13H2,1-3H3,(H,29,30)/t17-,18?/m0/s1. The molecule has 2 aliphatic rings. The highest BCUT2D eigenvalue weighted by Crippen LogP contribution is 2.40. The number of carboxylic acid groups (broad SMARTS) is 1. The fraction of sp³-hybridized carbons (Fsp3) is 0.636. The van der Waals surface area contributed by atoms with Crippen LogP contribution in [0.25, 0.3) is 0 Å². The smallest absolute Gasteiger partial charge is 0.417 e. The van der Waals surface area contributed by atoms with Crippen LogP contribution in [0.4, 0.5) is 18.0 Å². The molecule has 1 heterocycles. The summed E-state index contributed by atoms with van der Waals surface area (Å²) in [7, 11) is 0. The molecule has 3 rings (SSSR count). The van der Waals surface area contributed by atoms with Crippen molar-refractivity contribution < 1.29 is 27.9 Å². The number of alkyl halides is 3. The van der Waals surface area contributed by atoms with E-state index in [-0.39, 0.29) is 18.2 Å². The molecule has 1 aliphatic carbocycles. The van der Waals surface area contributed by atoms with Gasteiger partial charge in [0.2, 0.25) is 0 Å². The topological polar surface area (TPSA) is 60.9 Å². The Bertz CT molecular complexity index is 798. The van der Waals surface area contributed by atoms with Gasteiger partial charge >= 0.3 is 12.3 Å². The van der Waals surface area contributed by atoms with Crippen LogP contribution in [0.1, 0.15) is 68.8 Å². The third kappa shape index (κ3) is 4.27. The molecular weight excluding hydrogens is 397 g/mol. The molecule has 2 fully saturated rings. The minimum Gasteiger partial charge on any atom is -0.465 e. The minimum atomic E-state index is -4.64. The zero-order valence-corrected chi connectivity index (χ0v) is 17.6. The van der Waals surface area contributed by atoms with E-state index in [1.165, 1.54) is 23.1 Å². The van der Waals surface area contributed by atoms with Gasteiger partial charge in [0.05, 0.1) is 23.2 Å². The number of hydrogen-bond donors (Lipinski definition) is 1. The number of hydrogen-bond acceptors (Lipinski definition) is 2. The minimum absolute atomic E-state index is 0.178. The summed E-state index contributed by atoms with van der Waals surface area (Å²) < 4.78 is 40.8. The number of halogens is 3. The van der Waals surface area contributed by atoms with Crippen LogP contribution in [0.5, 0.6) is 0 Å². The molecular formula is C22H29F3N2O3. The van der Waals surface area contributed by atoms with Gasteiger partial charge in [0, 0.05) is 12.6 Å². The molecule has 5 nitrogen and oxygen atoms in total. The lowest BCUT2D eigenvalue weighted by Gasteiger charge is -2.44. The van der Waals surface area contributed by atoms with Gasteiger partial charge in [0.25, 0.3) is 5.91 Å². The summed E-state index contributed by atoms with van der Waals surface area (Å²) in [5.41, 5.74) is -1.78. The fourth-order valence-corrected chi connectivity index (χ4v) is 5.15. The maximum atomic E-state index is 13.6. The summed E-state index contributed by atoms with van der Waals surface area (Å²) in [5, 5.41) is 9.69. The van der Waals surface area contributed by atoms with E-state index in [0.29, 0.717) is 6.42 Å². The van der Waals surface area contributed by atoms with Crippen LogP contribution in [0.3, 0.4) is 0 Å². The average Bonchev–Trinajstić information content (AvgIpc) is 3.31. The Morgan fingerprint density at radius 1 is 1.07 bits per heavy atom. The van der Waals surface area contributed by atoms with Crippen molar-refractivity contribution in [1.29, 1.82) is 0 Å². The van der Waals surface area contributed by atoms with Gasteiger partial charge in [-0.25, -0.2) is 4.79 Å². The molecule has 2 atom stereocenters. The molecule has 166 valence electrons.